The zero-order chi connectivity index (χ0) is 15.2. The van der Waals surface area contributed by atoms with Crippen LogP contribution in [0.2, 0.25) is 0 Å². The lowest BCUT2D eigenvalue weighted by Gasteiger charge is -2.33. The van der Waals surface area contributed by atoms with E-state index in [4.69, 9.17) is 5.73 Å². The van der Waals surface area contributed by atoms with Gasteiger partial charge < -0.3 is 15.6 Å². The molecule has 8 heteroatoms. The fourth-order valence-electron chi connectivity index (χ4n) is 3.30. The van der Waals surface area contributed by atoms with Gasteiger partial charge in [0.15, 0.2) is 0 Å². The zero-order valence-corrected chi connectivity index (χ0v) is 12.8. The van der Waals surface area contributed by atoms with Crippen LogP contribution in [0.5, 0.6) is 0 Å². The van der Waals surface area contributed by atoms with Crippen LogP contribution in [-0.4, -0.2) is 48.9 Å². The van der Waals surface area contributed by atoms with Crippen molar-refractivity contribution in [3.8, 4) is 0 Å². The molecule has 21 heavy (non-hydrogen) atoms. The first kappa shape index (κ1) is 14.6. The Balaban J connectivity index is 1.86. The van der Waals surface area contributed by atoms with E-state index in [2.05, 4.69) is 5.32 Å². The molecule has 2 unspecified atom stereocenters. The maximum atomic E-state index is 12.7. The molecule has 0 bridgehead atoms. The molecule has 2 saturated heterocycles. The number of sulfonamides is 1. The van der Waals surface area contributed by atoms with Gasteiger partial charge in [0.05, 0.1) is 0 Å². The van der Waals surface area contributed by atoms with Crippen LogP contribution in [-0.2, 0) is 17.1 Å². The van der Waals surface area contributed by atoms with E-state index in [9.17, 15) is 13.2 Å². The van der Waals surface area contributed by atoms with Crippen molar-refractivity contribution in [2.45, 2.75) is 23.8 Å². The minimum Gasteiger partial charge on any atom is -0.364 e. The number of fused-ring (bicyclic) bond motifs is 1. The summed E-state index contributed by atoms with van der Waals surface area (Å²) in [6.45, 7) is 2.01. The highest BCUT2D eigenvalue weighted by Crippen LogP contribution is 2.29. The van der Waals surface area contributed by atoms with Crippen LogP contribution in [0.3, 0.4) is 0 Å². The number of hydrogen-bond donors (Lipinski definition) is 2. The Bertz CT molecular complexity index is 667. The van der Waals surface area contributed by atoms with Gasteiger partial charge >= 0.3 is 0 Å². The number of carbonyl (C=O) groups is 1. The zero-order valence-electron chi connectivity index (χ0n) is 11.9. The molecular formula is C13H20N4O3S. The summed E-state index contributed by atoms with van der Waals surface area (Å²) in [7, 11) is -1.94. The largest absolute Gasteiger partial charge is 0.364 e. The molecule has 3 heterocycles. The van der Waals surface area contributed by atoms with Crippen molar-refractivity contribution in [2.75, 3.05) is 19.6 Å². The minimum atomic E-state index is -3.56. The number of hydrogen-bond acceptors (Lipinski definition) is 4. The van der Waals surface area contributed by atoms with E-state index in [0.29, 0.717) is 25.0 Å². The molecule has 3 N–H and O–H groups in total. The fourth-order valence-corrected chi connectivity index (χ4v) is 4.89. The summed E-state index contributed by atoms with van der Waals surface area (Å²) < 4.78 is 28.4. The molecule has 1 amide bonds. The number of carbonyl (C=O) groups excluding carboxylic acids is 1. The minimum absolute atomic E-state index is 0.142. The summed E-state index contributed by atoms with van der Waals surface area (Å²) >= 11 is 0. The first-order valence-electron chi connectivity index (χ1n) is 7.09. The van der Waals surface area contributed by atoms with Crippen molar-refractivity contribution in [2.24, 2.45) is 18.7 Å². The van der Waals surface area contributed by atoms with Crippen LogP contribution in [0.1, 0.15) is 23.3 Å². The number of nitrogens with two attached hydrogens (primary N) is 1. The topological polar surface area (TPSA) is 97.4 Å². The molecule has 2 aliphatic rings. The van der Waals surface area contributed by atoms with E-state index in [0.717, 1.165) is 19.4 Å². The number of primary amides is 1. The van der Waals surface area contributed by atoms with E-state index in [1.807, 2.05) is 0 Å². The third kappa shape index (κ3) is 2.47. The molecule has 116 valence electrons. The summed E-state index contributed by atoms with van der Waals surface area (Å²) in [5.74, 6) is -0.245. The molecule has 2 fully saturated rings. The number of nitrogens with one attached hydrogen (secondary N) is 1. The Kier molecular flexibility index (Phi) is 3.54. The lowest BCUT2D eigenvalue weighted by molar-refractivity contribution is 0.0992. The van der Waals surface area contributed by atoms with Gasteiger partial charge in [-0.05, 0) is 31.4 Å². The van der Waals surface area contributed by atoms with Gasteiger partial charge in [0.25, 0.3) is 5.91 Å². The predicted octanol–water partition coefficient (Wildman–Crippen LogP) is -0.503. The standard InChI is InChI=1S/C13H20N4O3S/c1-16-8-10(6-12(16)13(14)18)21(19,20)17-5-3-11-9(7-17)2-4-15-11/h6,8-9,11,15H,2-5,7H2,1H3,(H2,14,18). The monoisotopic (exact) mass is 312 g/mol. The highest BCUT2D eigenvalue weighted by molar-refractivity contribution is 7.89. The van der Waals surface area contributed by atoms with Crippen LogP contribution in [0, 0.1) is 5.92 Å². The van der Waals surface area contributed by atoms with Crippen molar-refractivity contribution >= 4 is 15.9 Å². The van der Waals surface area contributed by atoms with Gasteiger partial charge in [0.1, 0.15) is 10.6 Å². The highest BCUT2D eigenvalue weighted by atomic mass is 32.2. The van der Waals surface area contributed by atoms with E-state index in [-0.39, 0.29) is 10.6 Å². The second-order valence-electron chi connectivity index (χ2n) is 5.80. The average molecular weight is 312 g/mol. The Morgan fingerprint density at radius 3 is 2.86 bits per heavy atom. The molecule has 0 saturated carbocycles. The van der Waals surface area contributed by atoms with Crippen LogP contribution < -0.4 is 11.1 Å². The third-order valence-electron chi connectivity index (χ3n) is 4.49. The predicted molar refractivity (Wildman–Crippen MR) is 77.2 cm³/mol. The smallest absolute Gasteiger partial charge is 0.265 e. The highest BCUT2D eigenvalue weighted by Gasteiger charge is 2.38. The van der Waals surface area contributed by atoms with E-state index in [1.54, 1.807) is 7.05 Å². The summed E-state index contributed by atoms with van der Waals surface area (Å²) in [5, 5.41) is 3.41. The molecular weight excluding hydrogens is 292 g/mol. The van der Waals surface area contributed by atoms with Crippen LogP contribution >= 0.6 is 0 Å². The van der Waals surface area contributed by atoms with Gasteiger partial charge in [-0.25, -0.2) is 8.42 Å². The quantitative estimate of drug-likeness (QED) is 0.786. The van der Waals surface area contributed by atoms with E-state index >= 15 is 0 Å². The van der Waals surface area contributed by atoms with Crippen molar-refractivity contribution in [1.82, 2.24) is 14.2 Å². The maximum Gasteiger partial charge on any atom is 0.265 e. The number of amides is 1. The number of piperidine rings is 1. The molecule has 1 aromatic heterocycles. The van der Waals surface area contributed by atoms with Gasteiger partial charge in [-0.1, -0.05) is 0 Å². The Morgan fingerprint density at radius 2 is 2.19 bits per heavy atom. The molecule has 7 nitrogen and oxygen atoms in total. The number of rotatable bonds is 3. The van der Waals surface area contributed by atoms with Crippen LogP contribution in [0.4, 0.5) is 0 Å². The SMILES string of the molecule is Cn1cc(S(=O)(=O)N2CCC3NCCC3C2)cc1C(N)=O. The van der Waals surface area contributed by atoms with Crippen molar-refractivity contribution < 1.29 is 13.2 Å². The van der Waals surface area contributed by atoms with Gasteiger partial charge in [-0.3, -0.25) is 4.79 Å². The van der Waals surface area contributed by atoms with Gasteiger partial charge in [-0.2, -0.15) is 4.31 Å². The molecule has 2 aliphatic heterocycles. The number of nitrogens with zero attached hydrogens (tertiary/aromatic N) is 2. The molecule has 0 spiro atoms. The molecule has 3 rings (SSSR count). The Labute approximate surface area is 124 Å². The lowest BCUT2D eigenvalue weighted by Crippen LogP contribution is -2.46. The Hall–Kier alpha value is -1.38. The second kappa shape index (κ2) is 5.11. The van der Waals surface area contributed by atoms with Gasteiger partial charge in [0, 0.05) is 32.4 Å². The molecule has 0 aliphatic carbocycles. The van der Waals surface area contributed by atoms with Crippen molar-refractivity contribution in [3.05, 3.63) is 18.0 Å². The maximum absolute atomic E-state index is 12.7. The van der Waals surface area contributed by atoms with Crippen LogP contribution in [0.25, 0.3) is 0 Å². The van der Waals surface area contributed by atoms with E-state index < -0.39 is 15.9 Å². The average Bonchev–Trinajstić information content (AvgIpc) is 3.03. The van der Waals surface area contributed by atoms with Crippen molar-refractivity contribution in [1.29, 1.82) is 0 Å². The summed E-state index contributed by atoms with van der Waals surface area (Å²) in [4.78, 5) is 11.4. The van der Waals surface area contributed by atoms with E-state index in [1.165, 1.54) is 21.1 Å². The molecule has 0 radical (unpaired) electrons. The van der Waals surface area contributed by atoms with Gasteiger partial charge in [-0.15, -0.1) is 0 Å². The summed E-state index contributed by atoms with van der Waals surface area (Å²) in [6, 6.07) is 1.80. The third-order valence-corrected chi connectivity index (χ3v) is 6.32. The normalized spacial score (nSPS) is 26.7. The second-order valence-corrected chi connectivity index (χ2v) is 7.74. The number of aryl methyl sites for hydroxylation is 1. The summed E-state index contributed by atoms with van der Waals surface area (Å²) in [5.41, 5.74) is 5.44. The lowest BCUT2D eigenvalue weighted by atomic mass is 9.95. The number of aromatic nitrogens is 1. The van der Waals surface area contributed by atoms with Crippen LogP contribution in [0.15, 0.2) is 17.2 Å². The van der Waals surface area contributed by atoms with Gasteiger partial charge in [0.2, 0.25) is 10.0 Å². The fraction of sp³-hybridized carbons (Fsp3) is 0.615. The molecule has 0 aromatic carbocycles. The van der Waals surface area contributed by atoms with Crippen molar-refractivity contribution in [3.63, 3.8) is 0 Å². The first-order valence-corrected chi connectivity index (χ1v) is 8.53. The summed E-state index contributed by atoms with van der Waals surface area (Å²) in [6.07, 6.45) is 3.30. The Morgan fingerprint density at radius 1 is 1.43 bits per heavy atom. The molecule has 2 atom stereocenters. The molecule has 1 aromatic rings. The first-order chi connectivity index (χ1) is 9.89.